The Hall–Kier alpha value is -2.16. The van der Waals surface area contributed by atoms with Gasteiger partial charge in [-0.3, -0.25) is 4.79 Å². The number of hydrogen-bond donors (Lipinski definition) is 3. The van der Waals surface area contributed by atoms with Gasteiger partial charge < -0.3 is 16.2 Å². The van der Waals surface area contributed by atoms with Crippen LogP contribution in [0, 0.1) is 6.92 Å². The molecule has 0 aliphatic carbocycles. The topological polar surface area (TPSA) is 101 Å². The number of aliphatic hydroxyl groups is 1. The molecule has 0 aliphatic rings. The smallest absolute Gasteiger partial charge is 0.252 e. The Balaban J connectivity index is 2.18. The Morgan fingerprint density at radius 2 is 2.25 bits per heavy atom. The van der Waals surface area contributed by atoms with Crippen LogP contribution in [0.25, 0.3) is 10.3 Å². The minimum Gasteiger partial charge on any atom is -0.392 e. The molecule has 4 N–H and O–H groups in total. The van der Waals surface area contributed by atoms with E-state index >= 15 is 0 Å². The van der Waals surface area contributed by atoms with Gasteiger partial charge in [-0.25, -0.2) is 9.97 Å². The number of nitrogens with zero attached hydrogens (tertiary/aromatic N) is 2. The Morgan fingerprint density at radius 3 is 2.92 bits per heavy atom. The summed E-state index contributed by atoms with van der Waals surface area (Å²) in [6.45, 7) is 1.85. The van der Waals surface area contributed by atoms with Gasteiger partial charge in [0.25, 0.3) is 5.91 Å². The lowest BCUT2D eigenvalue weighted by molar-refractivity contribution is 0.100. The van der Waals surface area contributed by atoms with E-state index in [1.54, 1.807) is 0 Å². The first-order chi connectivity index (χ1) is 11.5. The minimum atomic E-state index is -0.568. The van der Waals surface area contributed by atoms with Crippen molar-refractivity contribution in [3.05, 3.63) is 41.1 Å². The number of carbonyl (C=O) groups excluding carboxylic acids is 1. The van der Waals surface area contributed by atoms with Crippen LogP contribution >= 0.6 is 23.1 Å². The van der Waals surface area contributed by atoms with E-state index in [2.05, 4.69) is 15.3 Å². The van der Waals surface area contributed by atoms with Gasteiger partial charge in [0.2, 0.25) is 0 Å². The van der Waals surface area contributed by atoms with Gasteiger partial charge in [-0.2, -0.15) is 0 Å². The van der Waals surface area contributed by atoms with Crippen molar-refractivity contribution in [2.75, 3.05) is 11.6 Å². The number of primary amides is 1. The number of carbonyl (C=O) groups is 1. The van der Waals surface area contributed by atoms with Crippen LogP contribution in [0.3, 0.4) is 0 Å². The Labute approximate surface area is 147 Å². The van der Waals surface area contributed by atoms with Gasteiger partial charge in [0, 0.05) is 11.9 Å². The predicted octanol–water partition coefficient (Wildman–Crippen LogP) is 3.06. The van der Waals surface area contributed by atoms with Crippen molar-refractivity contribution in [2.24, 2.45) is 5.73 Å². The number of benzene rings is 1. The Bertz CT molecular complexity index is 924. The third-order valence-electron chi connectivity index (χ3n) is 3.72. The van der Waals surface area contributed by atoms with E-state index in [-0.39, 0.29) is 12.2 Å². The summed E-state index contributed by atoms with van der Waals surface area (Å²) in [7, 11) is 0. The van der Waals surface area contributed by atoms with Crippen molar-refractivity contribution in [1.82, 2.24) is 9.97 Å². The largest absolute Gasteiger partial charge is 0.392 e. The van der Waals surface area contributed by atoms with Crippen LogP contribution in [0.1, 0.15) is 21.5 Å². The highest BCUT2D eigenvalue weighted by molar-refractivity contribution is 8.00. The minimum absolute atomic E-state index is 0.0525. The molecule has 0 fully saturated rings. The molecule has 1 amide bonds. The molecule has 124 valence electrons. The highest BCUT2D eigenvalue weighted by atomic mass is 32.2. The molecule has 0 unspecified atom stereocenters. The molecule has 0 saturated carbocycles. The summed E-state index contributed by atoms with van der Waals surface area (Å²) in [6, 6.07) is 5.58. The predicted molar refractivity (Wildman–Crippen MR) is 98.1 cm³/mol. The fraction of sp³-hybridized carbons (Fsp3) is 0.188. The lowest BCUT2D eigenvalue weighted by Gasteiger charge is -2.14. The number of aliphatic hydroxyl groups excluding tert-OH is 1. The molecule has 24 heavy (non-hydrogen) atoms. The van der Waals surface area contributed by atoms with Crippen LogP contribution < -0.4 is 11.1 Å². The first-order valence-corrected chi connectivity index (χ1v) is 9.19. The van der Waals surface area contributed by atoms with Crippen molar-refractivity contribution in [3.8, 4) is 0 Å². The molecule has 0 aliphatic heterocycles. The van der Waals surface area contributed by atoms with Gasteiger partial charge >= 0.3 is 0 Å². The number of rotatable bonds is 5. The van der Waals surface area contributed by atoms with Crippen LogP contribution in [-0.2, 0) is 6.61 Å². The fourth-order valence-corrected chi connectivity index (χ4v) is 3.79. The maximum Gasteiger partial charge on any atom is 0.252 e. The van der Waals surface area contributed by atoms with Crippen molar-refractivity contribution in [1.29, 1.82) is 0 Å². The van der Waals surface area contributed by atoms with Crippen LogP contribution in [-0.4, -0.2) is 27.2 Å². The second-order valence-electron chi connectivity index (χ2n) is 5.12. The van der Waals surface area contributed by atoms with Gasteiger partial charge in [-0.1, -0.05) is 35.2 Å². The summed E-state index contributed by atoms with van der Waals surface area (Å²) in [5.74, 6) is -0.568. The summed E-state index contributed by atoms with van der Waals surface area (Å²) < 4.78 is 0.864. The lowest BCUT2D eigenvalue weighted by atomic mass is 10.1. The third-order valence-corrected chi connectivity index (χ3v) is 5.67. The molecular weight excluding hydrogens is 344 g/mol. The molecule has 0 atom stereocenters. The zero-order valence-electron chi connectivity index (χ0n) is 13.2. The molecule has 2 heterocycles. The normalized spacial score (nSPS) is 11.0. The second-order valence-corrected chi connectivity index (χ2v) is 7.15. The third kappa shape index (κ3) is 2.95. The molecule has 0 saturated heterocycles. The number of aromatic nitrogens is 2. The molecule has 8 heteroatoms. The van der Waals surface area contributed by atoms with Crippen molar-refractivity contribution in [2.45, 2.75) is 17.9 Å². The van der Waals surface area contributed by atoms with E-state index in [1.807, 2.05) is 31.4 Å². The van der Waals surface area contributed by atoms with Crippen LogP contribution in [0.15, 0.2) is 28.7 Å². The number of thiazole rings is 1. The van der Waals surface area contributed by atoms with Gasteiger partial charge in [0.1, 0.15) is 10.3 Å². The fourth-order valence-electron chi connectivity index (χ4n) is 2.38. The van der Waals surface area contributed by atoms with E-state index < -0.39 is 5.91 Å². The number of pyridine rings is 1. The second kappa shape index (κ2) is 6.76. The van der Waals surface area contributed by atoms with Crippen molar-refractivity contribution in [3.63, 3.8) is 0 Å². The van der Waals surface area contributed by atoms with E-state index in [9.17, 15) is 9.90 Å². The average Bonchev–Trinajstić information content (AvgIpc) is 3.00. The van der Waals surface area contributed by atoms with E-state index in [0.717, 1.165) is 26.0 Å². The maximum atomic E-state index is 11.8. The highest BCUT2D eigenvalue weighted by Gasteiger charge is 2.18. The number of amides is 1. The molecule has 0 bridgehead atoms. The summed E-state index contributed by atoms with van der Waals surface area (Å²) in [6.07, 6.45) is 3.41. The first kappa shape index (κ1) is 16.7. The first-order valence-electron chi connectivity index (χ1n) is 7.14. The number of thioether (sulfide) groups is 1. The van der Waals surface area contributed by atoms with Crippen LogP contribution in [0.5, 0.6) is 0 Å². The molecular formula is C16H16N4O2S2. The molecule has 2 aromatic heterocycles. The number of anilines is 2. The maximum absolute atomic E-state index is 11.8. The van der Waals surface area contributed by atoms with Gasteiger partial charge in [0.15, 0.2) is 4.34 Å². The van der Waals surface area contributed by atoms with Gasteiger partial charge in [0.05, 0.1) is 17.9 Å². The standard InChI is InChI=1S/C16H16N4O2S2/c1-8-9(7-21)4-3-5-11(8)19-12-10(14(17)22)6-18-15-13(12)20-16(23-2)24-15/h3-6,21H,7H2,1-2H3,(H2,17,22)(H,18,19). The molecule has 0 spiro atoms. The SMILES string of the molecule is CSc1nc2c(Nc3cccc(CO)c3C)c(C(N)=O)cnc2s1. The van der Waals surface area contributed by atoms with Gasteiger partial charge in [-0.15, -0.1) is 0 Å². The van der Waals surface area contributed by atoms with Crippen molar-refractivity contribution >= 4 is 50.7 Å². The van der Waals surface area contributed by atoms with Crippen molar-refractivity contribution < 1.29 is 9.90 Å². The summed E-state index contributed by atoms with van der Waals surface area (Å²) >= 11 is 2.99. The Morgan fingerprint density at radius 1 is 1.46 bits per heavy atom. The quantitative estimate of drug-likeness (QED) is 0.605. The summed E-state index contributed by atoms with van der Waals surface area (Å²) in [4.78, 5) is 21.4. The lowest BCUT2D eigenvalue weighted by Crippen LogP contribution is -2.14. The molecule has 6 nitrogen and oxygen atoms in total. The summed E-state index contributed by atoms with van der Waals surface area (Å²) in [5, 5.41) is 12.7. The van der Waals surface area contributed by atoms with E-state index in [1.165, 1.54) is 29.3 Å². The molecule has 3 rings (SSSR count). The Kier molecular flexibility index (Phi) is 4.70. The monoisotopic (exact) mass is 360 g/mol. The number of nitrogens with one attached hydrogen (secondary N) is 1. The number of fused-ring (bicyclic) bond motifs is 1. The average molecular weight is 360 g/mol. The van der Waals surface area contributed by atoms with Crippen LogP contribution in [0.4, 0.5) is 11.4 Å². The van der Waals surface area contributed by atoms with Crippen LogP contribution in [0.2, 0.25) is 0 Å². The highest BCUT2D eigenvalue weighted by Crippen LogP contribution is 2.35. The molecule has 3 aromatic rings. The molecule has 0 radical (unpaired) electrons. The molecule has 1 aromatic carbocycles. The zero-order valence-corrected chi connectivity index (χ0v) is 14.8. The number of hydrogen-bond acceptors (Lipinski definition) is 7. The van der Waals surface area contributed by atoms with E-state index in [0.29, 0.717) is 11.2 Å². The number of nitrogens with two attached hydrogens (primary N) is 1. The summed E-state index contributed by atoms with van der Waals surface area (Å²) in [5.41, 5.74) is 9.46. The van der Waals surface area contributed by atoms with Gasteiger partial charge in [-0.05, 0) is 30.4 Å². The van der Waals surface area contributed by atoms with E-state index in [4.69, 9.17) is 5.73 Å². The zero-order chi connectivity index (χ0) is 17.3.